The zero-order valence-electron chi connectivity index (χ0n) is 16.8. The average molecular weight is 405 g/mol. The molecule has 0 bridgehead atoms. The summed E-state index contributed by atoms with van der Waals surface area (Å²) in [4.78, 5) is 0. The second kappa shape index (κ2) is 13.6. The molecule has 3 rings (SSSR count). The molecule has 0 unspecified atom stereocenters. The normalized spacial score (nSPS) is 9.00. The van der Waals surface area contributed by atoms with Crippen LogP contribution in [0, 0.1) is 59.0 Å². The van der Waals surface area contributed by atoms with Gasteiger partial charge in [-0.15, -0.1) is 0 Å². The number of benzene rings is 3. The molecule has 0 nitrogen and oxygen atoms in total. The zero-order valence-corrected chi connectivity index (χ0v) is 16.8. The molecule has 0 fully saturated rings. The van der Waals surface area contributed by atoms with Crippen molar-refractivity contribution in [2.45, 2.75) is 56.4 Å². The van der Waals surface area contributed by atoms with Gasteiger partial charge >= 0.3 is 0 Å². The molecular weight excluding hydrogens is 369 g/mol. The molecule has 0 aromatic heterocycles. The van der Waals surface area contributed by atoms with E-state index in [9.17, 15) is 13.2 Å². The van der Waals surface area contributed by atoms with E-state index in [4.69, 9.17) is 0 Å². The van der Waals surface area contributed by atoms with Crippen molar-refractivity contribution in [2.75, 3.05) is 0 Å². The molecule has 29 heavy (non-hydrogen) atoms. The van der Waals surface area contributed by atoms with Gasteiger partial charge in [-0.1, -0.05) is 62.4 Å². The van der Waals surface area contributed by atoms with E-state index in [-0.39, 0.29) is 26.2 Å². The Labute approximate surface area is 175 Å². The van der Waals surface area contributed by atoms with Crippen LogP contribution in [0.2, 0.25) is 0 Å². The second-order valence-corrected chi connectivity index (χ2v) is 6.76. The second-order valence-electron chi connectivity index (χ2n) is 6.76. The molecule has 3 aromatic carbocycles. The van der Waals surface area contributed by atoms with Crippen LogP contribution in [-0.2, 0) is 0 Å². The highest BCUT2D eigenvalue weighted by atomic mass is 19.1. The number of rotatable bonds is 0. The summed E-state index contributed by atoms with van der Waals surface area (Å²) in [5.74, 6) is -1.06. The van der Waals surface area contributed by atoms with E-state index >= 15 is 0 Å². The summed E-state index contributed by atoms with van der Waals surface area (Å²) in [6.45, 7) is 10.9. The van der Waals surface area contributed by atoms with Crippen molar-refractivity contribution in [1.82, 2.24) is 0 Å². The predicted molar refractivity (Wildman–Crippen MR) is 121 cm³/mol. The van der Waals surface area contributed by atoms with Gasteiger partial charge in [0.15, 0.2) is 0 Å². The largest absolute Gasteiger partial charge is 0.207 e. The maximum atomic E-state index is 12.6. The molecule has 0 atom stereocenters. The summed E-state index contributed by atoms with van der Waals surface area (Å²) in [7, 11) is 0. The van der Waals surface area contributed by atoms with Gasteiger partial charge in [-0.2, -0.15) is 0 Å². The molecule has 0 amide bonds. The van der Waals surface area contributed by atoms with Gasteiger partial charge in [0.2, 0.25) is 0 Å². The van der Waals surface area contributed by atoms with Gasteiger partial charge in [0.25, 0.3) is 0 Å². The summed E-state index contributed by atoms with van der Waals surface area (Å²) in [5.41, 5.74) is 5.04. The van der Waals surface area contributed by atoms with Crippen LogP contribution in [0.25, 0.3) is 0 Å². The lowest BCUT2D eigenvalue weighted by Crippen LogP contribution is -1.88. The van der Waals surface area contributed by atoms with Crippen molar-refractivity contribution >= 4 is 0 Å². The fourth-order valence-electron chi connectivity index (χ4n) is 2.11. The standard InChI is InChI=1S/C8H8F2.C8H9F.C8H10.2CH4/c1-5-3-7(9)6(2)8(10)4-5;1-6-3-4-7(2)8(9)5-6;1-7-3-5-8(2)6-4-7;;/h3-4H,1-2H3;3-5H,1-2H3;3-6H,1-2H3;2*1H4. The van der Waals surface area contributed by atoms with E-state index in [0.29, 0.717) is 11.1 Å². The molecule has 0 aliphatic heterocycles. The van der Waals surface area contributed by atoms with Crippen molar-refractivity contribution < 1.29 is 13.2 Å². The summed E-state index contributed by atoms with van der Waals surface area (Å²) < 4.78 is 37.8. The SMILES string of the molecule is C.C.Cc1cc(F)c(C)c(F)c1.Cc1ccc(C)c(F)c1.Cc1ccc(C)cc1. The Morgan fingerprint density at radius 3 is 1.14 bits per heavy atom. The minimum absolute atomic E-state index is 0. The van der Waals surface area contributed by atoms with Crippen molar-refractivity contribution in [2.24, 2.45) is 0 Å². The Morgan fingerprint density at radius 2 is 0.793 bits per heavy atom. The van der Waals surface area contributed by atoms with E-state index in [2.05, 4.69) is 38.1 Å². The van der Waals surface area contributed by atoms with Crippen LogP contribution in [0.3, 0.4) is 0 Å². The van der Waals surface area contributed by atoms with Gasteiger partial charge in [-0.3, -0.25) is 0 Å². The monoisotopic (exact) mass is 404 g/mol. The van der Waals surface area contributed by atoms with Crippen LogP contribution in [0.4, 0.5) is 13.2 Å². The quantitative estimate of drug-likeness (QED) is 0.352. The van der Waals surface area contributed by atoms with Gasteiger partial charge in [0.1, 0.15) is 17.5 Å². The third-order valence-corrected chi connectivity index (χ3v) is 3.97. The smallest absolute Gasteiger partial charge is 0.129 e. The summed E-state index contributed by atoms with van der Waals surface area (Å²) in [6, 6.07) is 16.3. The van der Waals surface area contributed by atoms with Gasteiger partial charge in [0.05, 0.1) is 0 Å². The molecule has 0 spiro atoms. The van der Waals surface area contributed by atoms with Crippen LogP contribution in [0.15, 0.2) is 54.6 Å². The van der Waals surface area contributed by atoms with E-state index in [1.165, 1.54) is 36.2 Å². The van der Waals surface area contributed by atoms with Gasteiger partial charge in [-0.25, -0.2) is 13.2 Å². The van der Waals surface area contributed by atoms with Crippen LogP contribution >= 0.6 is 0 Å². The number of halogens is 3. The molecule has 0 saturated carbocycles. The summed E-state index contributed by atoms with van der Waals surface area (Å²) in [5, 5.41) is 0. The molecule has 0 saturated heterocycles. The summed E-state index contributed by atoms with van der Waals surface area (Å²) in [6.07, 6.45) is 0. The van der Waals surface area contributed by atoms with Crippen LogP contribution in [0.5, 0.6) is 0 Å². The molecular formula is C26H35F3. The van der Waals surface area contributed by atoms with Crippen molar-refractivity contribution in [3.63, 3.8) is 0 Å². The highest BCUT2D eigenvalue weighted by molar-refractivity contribution is 5.24. The maximum Gasteiger partial charge on any atom is 0.129 e. The van der Waals surface area contributed by atoms with Crippen LogP contribution in [0.1, 0.15) is 48.2 Å². The number of hydrogen-bond donors (Lipinski definition) is 0. The Morgan fingerprint density at radius 1 is 0.448 bits per heavy atom. The van der Waals surface area contributed by atoms with E-state index in [1.54, 1.807) is 19.9 Å². The molecule has 3 aromatic rings. The maximum absolute atomic E-state index is 12.6. The first kappa shape index (κ1) is 28.7. The minimum atomic E-state index is -0.475. The highest BCUT2D eigenvalue weighted by Gasteiger charge is 2.02. The van der Waals surface area contributed by atoms with Crippen LogP contribution < -0.4 is 0 Å². The van der Waals surface area contributed by atoms with Crippen LogP contribution in [-0.4, -0.2) is 0 Å². The minimum Gasteiger partial charge on any atom is -0.207 e. The molecule has 0 N–H and O–H groups in total. The van der Waals surface area contributed by atoms with E-state index in [1.807, 2.05) is 13.0 Å². The molecule has 0 heterocycles. The fraction of sp³-hybridized carbons (Fsp3) is 0.308. The molecule has 3 heteroatoms. The number of hydrogen-bond acceptors (Lipinski definition) is 0. The third-order valence-electron chi connectivity index (χ3n) is 3.97. The Bertz CT molecular complexity index is 822. The lowest BCUT2D eigenvalue weighted by atomic mass is 10.1. The van der Waals surface area contributed by atoms with Gasteiger partial charge in [-0.05, 0) is 76.4 Å². The Hall–Kier alpha value is -2.55. The first-order valence-corrected chi connectivity index (χ1v) is 8.78. The summed E-state index contributed by atoms with van der Waals surface area (Å²) >= 11 is 0. The fourth-order valence-corrected chi connectivity index (χ4v) is 2.11. The van der Waals surface area contributed by atoms with Gasteiger partial charge in [0, 0.05) is 5.56 Å². The number of aryl methyl sites for hydroxylation is 5. The average Bonchev–Trinajstić information content (AvgIpc) is 2.60. The molecule has 0 aliphatic rings. The molecule has 160 valence electrons. The van der Waals surface area contributed by atoms with E-state index < -0.39 is 11.6 Å². The first-order valence-electron chi connectivity index (χ1n) is 8.78. The zero-order chi connectivity index (χ0) is 20.6. The topological polar surface area (TPSA) is 0 Å². The van der Waals surface area contributed by atoms with Crippen molar-refractivity contribution in [1.29, 1.82) is 0 Å². The molecule has 0 aliphatic carbocycles. The first-order chi connectivity index (χ1) is 12.6. The lowest BCUT2D eigenvalue weighted by Gasteiger charge is -1.98. The van der Waals surface area contributed by atoms with Gasteiger partial charge < -0.3 is 0 Å². The predicted octanol–water partition coefficient (Wildman–Crippen LogP) is 8.60. The molecule has 0 radical (unpaired) electrons. The Kier molecular flexibility index (Phi) is 13.4. The highest BCUT2D eigenvalue weighted by Crippen LogP contribution is 2.12. The van der Waals surface area contributed by atoms with Crippen molar-refractivity contribution in [3.8, 4) is 0 Å². The Balaban J connectivity index is 0. The van der Waals surface area contributed by atoms with E-state index in [0.717, 1.165) is 5.56 Å². The lowest BCUT2D eigenvalue weighted by molar-refractivity contribution is 0.566. The van der Waals surface area contributed by atoms with Crippen molar-refractivity contribution in [3.05, 3.63) is 105 Å². The third kappa shape index (κ3) is 10.5.